The number of rotatable bonds is 6. The zero-order chi connectivity index (χ0) is 21.9. The van der Waals surface area contributed by atoms with Gasteiger partial charge < -0.3 is 5.32 Å². The lowest BCUT2D eigenvalue weighted by Gasteiger charge is -2.35. The fourth-order valence-electron chi connectivity index (χ4n) is 4.60. The normalized spacial score (nSPS) is 18.0. The summed E-state index contributed by atoms with van der Waals surface area (Å²) in [5.41, 5.74) is 3.38. The standard InChI is InChI=1S/C26H24FN3OS/c27-20-9-10-21-19(13-20)7-4-8-22(21)23(18-5-2-1-3-6-18)14-30-12-11-28-24(15-30)25-17-32-26(16-31)29-25/h1-10,13,16-17,23-24,28H,11-12,14-15H2. The third-order valence-electron chi connectivity index (χ3n) is 6.15. The van der Waals surface area contributed by atoms with E-state index in [0.717, 1.165) is 48.9 Å². The monoisotopic (exact) mass is 445 g/mol. The molecule has 32 heavy (non-hydrogen) atoms. The molecule has 4 aromatic rings. The Hall–Kier alpha value is -2.93. The van der Waals surface area contributed by atoms with Gasteiger partial charge in [-0.3, -0.25) is 9.69 Å². The van der Waals surface area contributed by atoms with Crippen molar-refractivity contribution >= 4 is 28.4 Å². The summed E-state index contributed by atoms with van der Waals surface area (Å²) >= 11 is 1.39. The second kappa shape index (κ2) is 9.28. The first-order valence-corrected chi connectivity index (χ1v) is 11.7. The molecule has 2 atom stereocenters. The number of halogens is 1. The Morgan fingerprint density at radius 3 is 2.84 bits per heavy atom. The van der Waals surface area contributed by atoms with Crippen molar-refractivity contribution < 1.29 is 9.18 Å². The van der Waals surface area contributed by atoms with E-state index in [1.165, 1.54) is 22.5 Å². The Morgan fingerprint density at radius 1 is 1.16 bits per heavy atom. The summed E-state index contributed by atoms with van der Waals surface area (Å²) in [5.74, 6) is -0.0566. The third kappa shape index (κ3) is 4.35. The third-order valence-corrected chi connectivity index (χ3v) is 6.94. The molecule has 0 amide bonds. The first-order chi connectivity index (χ1) is 15.7. The maximum absolute atomic E-state index is 13.9. The summed E-state index contributed by atoms with van der Waals surface area (Å²) in [7, 11) is 0. The molecule has 3 aromatic carbocycles. The van der Waals surface area contributed by atoms with Crippen LogP contribution in [0, 0.1) is 5.82 Å². The van der Waals surface area contributed by atoms with Crippen LogP contribution >= 0.6 is 11.3 Å². The van der Waals surface area contributed by atoms with Crippen LogP contribution in [-0.2, 0) is 0 Å². The Bertz CT molecular complexity index is 1230. The molecule has 0 saturated carbocycles. The molecule has 0 aliphatic carbocycles. The van der Waals surface area contributed by atoms with E-state index in [2.05, 4.69) is 45.5 Å². The number of carbonyl (C=O) groups is 1. The van der Waals surface area contributed by atoms with E-state index in [1.54, 1.807) is 12.1 Å². The zero-order valence-electron chi connectivity index (χ0n) is 17.6. The molecule has 6 heteroatoms. The molecule has 1 aliphatic heterocycles. The summed E-state index contributed by atoms with van der Waals surface area (Å²) in [6.45, 7) is 3.47. The fraction of sp³-hybridized carbons (Fsp3) is 0.231. The van der Waals surface area contributed by atoms with Crippen molar-refractivity contribution in [3.8, 4) is 0 Å². The van der Waals surface area contributed by atoms with Gasteiger partial charge in [-0.15, -0.1) is 11.3 Å². The number of benzene rings is 3. The highest BCUT2D eigenvalue weighted by atomic mass is 32.1. The largest absolute Gasteiger partial charge is 0.306 e. The maximum atomic E-state index is 13.9. The van der Waals surface area contributed by atoms with E-state index in [-0.39, 0.29) is 17.8 Å². The zero-order valence-corrected chi connectivity index (χ0v) is 18.4. The number of thiazole rings is 1. The highest BCUT2D eigenvalue weighted by Gasteiger charge is 2.26. The molecular formula is C26H24FN3OS. The Labute approximate surface area is 190 Å². The molecule has 0 radical (unpaired) electrons. The highest BCUT2D eigenvalue weighted by molar-refractivity contribution is 7.11. The van der Waals surface area contributed by atoms with Crippen molar-refractivity contribution in [1.29, 1.82) is 0 Å². The number of hydrogen-bond acceptors (Lipinski definition) is 5. The summed E-state index contributed by atoms with van der Waals surface area (Å²) in [4.78, 5) is 18.0. The fourth-order valence-corrected chi connectivity index (χ4v) is 5.27. The van der Waals surface area contributed by atoms with Crippen LogP contribution in [0.4, 0.5) is 4.39 Å². The summed E-state index contributed by atoms with van der Waals surface area (Å²) in [5, 5.41) is 8.03. The molecule has 0 bridgehead atoms. The lowest BCUT2D eigenvalue weighted by Crippen LogP contribution is -2.47. The van der Waals surface area contributed by atoms with Crippen molar-refractivity contribution in [2.24, 2.45) is 0 Å². The van der Waals surface area contributed by atoms with Crippen LogP contribution in [0.15, 0.2) is 72.1 Å². The van der Waals surface area contributed by atoms with Gasteiger partial charge in [-0.1, -0.05) is 54.6 Å². The second-order valence-electron chi connectivity index (χ2n) is 8.17. The quantitative estimate of drug-likeness (QED) is 0.423. The van der Waals surface area contributed by atoms with Crippen molar-refractivity contribution in [2.75, 3.05) is 26.2 Å². The van der Waals surface area contributed by atoms with Crippen LogP contribution in [-0.4, -0.2) is 42.3 Å². The lowest BCUT2D eigenvalue weighted by atomic mass is 9.87. The minimum Gasteiger partial charge on any atom is -0.306 e. The maximum Gasteiger partial charge on any atom is 0.178 e. The molecule has 5 rings (SSSR count). The minimum atomic E-state index is -0.214. The molecule has 1 aromatic heterocycles. The van der Waals surface area contributed by atoms with Gasteiger partial charge in [-0.05, 0) is 34.0 Å². The Kier molecular flexibility index (Phi) is 6.08. The van der Waals surface area contributed by atoms with Crippen LogP contribution in [0.5, 0.6) is 0 Å². The number of fused-ring (bicyclic) bond motifs is 1. The molecular weight excluding hydrogens is 421 g/mol. The van der Waals surface area contributed by atoms with Gasteiger partial charge >= 0.3 is 0 Å². The lowest BCUT2D eigenvalue weighted by molar-refractivity contribution is 0.112. The van der Waals surface area contributed by atoms with Gasteiger partial charge in [0.15, 0.2) is 11.3 Å². The predicted octanol–water partition coefficient (Wildman–Crippen LogP) is 5.03. The molecule has 1 aliphatic rings. The van der Waals surface area contributed by atoms with Gasteiger partial charge in [0.2, 0.25) is 0 Å². The summed E-state index contributed by atoms with van der Waals surface area (Å²) < 4.78 is 13.9. The first-order valence-electron chi connectivity index (χ1n) is 10.8. The average molecular weight is 446 g/mol. The molecule has 1 N–H and O–H groups in total. The highest BCUT2D eigenvalue weighted by Crippen LogP contribution is 2.33. The first kappa shape index (κ1) is 20.9. The van der Waals surface area contributed by atoms with E-state index >= 15 is 0 Å². The van der Waals surface area contributed by atoms with E-state index in [9.17, 15) is 9.18 Å². The Balaban J connectivity index is 1.47. The van der Waals surface area contributed by atoms with Gasteiger partial charge in [-0.25, -0.2) is 9.37 Å². The summed E-state index contributed by atoms with van der Waals surface area (Å²) in [6, 6.07) is 21.8. The van der Waals surface area contributed by atoms with Crippen LogP contribution in [0.2, 0.25) is 0 Å². The smallest absolute Gasteiger partial charge is 0.178 e. The minimum absolute atomic E-state index is 0.103. The molecule has 4 nitrogen and oxygen atoms in total. The molecule has 2 unspecified atom stereocenters. The van der Waals surface area contributed by atoms with Gasteiger partial charge in [-0.2, -0.15) is 0 Å². The SMILES string of the molecule is O=Cc1nc(C2CN(CC(c3ccccc3)c3cccc4cc(F)ccc34)CCN2)cs1. The van der Waals surface area contributed by atoms with Gasteiger partial charge in [0, 0.05) is 37.5 Å². The summed E-state index contributed by atoms with van der Waals surface area (Å²) in [6.07, 6.45) is 0.809. The van der Waals surface area contributed by atoms with E-state index in [0.29, 0.717) is 5.01 Å². The number of carbonyl (C=O) groups excluding carboxylic acids is 1. The van der Waals surface area contributed by atoms with Crippen LogP contribution in [0.25, 0.3) is 10.8 Å². The van der Waals surface area contributed by atoms with Crippen LogP contribution in [0.3, 0.4) is 0 Å². The molecule has 1 fully saturated rings. The number of aldehydes is 1. The average Bonchev–Trinajstić information content (AvgIpc) is 3.32. The molecule has 0 spiro atoms. The van der Waals surface area contributed by atoms with Crippen LogP contribution < -0.4 is 5.32 Å². The van der Waals surface area contributed by atoms with E-state index in [1.807, 2.05) is 29.6 Å². The van der Waals surface area contributed by atoms with Crippen molar-refractivity contribution in [3.63, 3.8) is 0 Å². The molecule has 2 heterocycles. The van der Waals surface area contributed by atoms with Crippen molar-refractivity contribution in [1.82, 2.24) is 15.2 Å². The van der Waals surface area contributed by atoms with Gasteiger partial charge in [0.05, 0.1) is 11.7 Å². The van der Waals surface area contributed by atoms with E-state index < -0.39 is 0 Å². The number of nitrogens with one attached hydrogen (secondary N) is 1. The molecule has 162 valence electrons. The van der Waals surface area contributed by atoms with Gasteiger partial charge in [0.25, 0.3) is 0 Å². The van der Waals surface area contributed by atoms with Crippen LogP contribution in [0.1, 0.15) is 38.6 Å². The topological polar surface area (TPSA) is 45.2 Å². The number of hydrogen-bond donors (Lipinski definition) is 1. The molecule has 1 saturated heterocycles. The number of nitrogens with zero attached hydrogens (tertiary/aromatic N) is 2. The Morgan fingerprint density at radius 2 is 2.03 bits per heavy atom. The number of aromatic nitrogens is 1. The second-order valence-corrected chi connectivity index (χ2v) is 9.06. The number of piperazine rings is 1. The van der Waals surface area contributed by atoms with Crippen molar-refractivity contribution in [3.05, 3.63) is 99.8 Å². The van der Waals surface area contributed by atoms with Crippen molar-refractivity contribution in [2.45, 2.75) is 12.0 Å². The van der Waals surface area contributed by atoms with E-state index in [4.69, 9.17) is 0 Å². The predicted molar refractivity (Wildman–Crippen MR) is 127 cm³/mol. The van der Waals surface area contributed by atoms with Gasteiger partial charge in [0.1, 0.15) is 5.82 Å².